The van der Waals surface area contributed by atoms with E-state index in [0.717, 1.165) is 28.0 Å². The maximum Gasteiger partial charge on any atom is 0.882 e. The lowest BCUT2D eigenvalue weighted by atomic mass is 10.1. The second-order valence-electron chi connectivity index (χ2n) is 6.45. The van der Waals surface area contributed by atoms with Crippen molar-refractivity contribution in [2.24, 2.45) is 7.05 Å². The predicted molar refractivity (Wildman–Crippen MR) is 109 cm³/mol. The molecular formula is C23H20AlNO2+. The molecule has 0 N–H and O–H groups in total. The van der Waals surface area contributed by atoms with Crippen LogP contribution in [0.3, 0.4) is 0 Å². The van der Waals surface area contributed by atoms with Gasteiger partial charge in [0, 0.05) is 13.0 Å². The molecule has 1 heterocycles. The molecule has 1 radical (unpaired) electrons. The summed E-state index contributed by atoms with van der Waals surface area (Å²) in [5.74, 6) is 1.68. The fraction of sp³-hybridized carbons (Fsp3) is 0.0870. The van der Waals surface area contributed by atoms with Crippen molar-refractivity contribution in [3.8, 4) is 22.6 Å². The van der Waals surface area contributed by atoms with Crippen LogP contribution in [0.25, 0.3) is 22.0 Å². The minimum atomic E-state index is -0.663. The SMILES string of the molecule is Cc1ccc2cccc([O][Al][O]c3cccc(-c4ccccc4)c3)c2[n+]1C. The van der Waals surface area contributed by atoms with Crippen molar-refractivity contribution in [1.82, 2.24) is 0 Å². The van der Waals surface area contributed by atoms with Gasteiger partial charge in [0.2, 0.25) is 0 Å². The lowest BCUT2D eigenvalue weighted by molar-refractivity contribution is -0.651. The topological polar surface area (TPSA) is 22.3 Å². The normalized spacial score (nSPS) is 10.6. The third kappa shape index (κ3) is 3.83. The Bertz CT molecular complexity index is 1080. The van der Waals surface area contributed by atoms with E-state index >= 15 is 0 Å². The average Bonchev–Trinajstić information content (AvgIpc) is 2.72. The fourth-order valence-electron chi connectivity index (χ4n) is 3.14. The third-order valence-corrected chi connectivity index (χ3v) is 5.42. The van der Waals surface area contributed by atoms with Crippen LogP contribution >= 0.6 is 0 Å². The van der Waals surface area contributed by atoms with E-state index in [1.807, 2.05) is 42.5 Å². The molecule has 0 saturated heterocycles. The van der Waals surface area contributed by atoms with Gasteiger partial charge < -0.3 is 7.58 Å². The summed E-state index contributed by atoms with van der Waals surface area (Å²) in [6, 6.07) is 28.8. The predicted octanol–water partition coefficient (Wildman–Crippen LogP) is 4.63. The van der Waals surface area contributed by atoms with Crippen LogP contribution in [-0.2, 0) is 7.05 Å². The van der Waals surface area contributed by atoms with Crippen molar-refractivity contribution >= 4 is 26.8 Å². The molecule has 0 unspecified atom stereocenters. The molecule has 27 heavy (non-hydrogen) atoms. The molecule has 0 saturated carbocycles. The summed E-state index contributed by atoms with van der Waals surface area (Å²) in [6.07, 6.45) is 0. The van der Waals surface area contributed by atoms with Gasteiger partial charge in [-0.15, -0.1) is 0 Å². The number of para-hydroxylation sites is 1. The number of rotatable bonds is 5. The van der Waals surface area contributed by atoms with E-state index in [1.165, 1.54) is 11.3 Å². The first-order valence-electron chi connectivity index (χ1n) is 8.91. The number of nitrogens with zero attached hydrogens (tertiary/aromatic N) is 1. The van der Waals surface area contributed by atoms with Gasteiger partial charge in [0.15, 0.2) is 11.4 Å². The van der Waals surface area contributed by atoms with E-state index in [-0.39, 0.29) is 0 Å². The van der Waals surface area contributed by atoms with Gasteiger partial charge in [-0.1, -0.05) is 48.5 Å². The molecule has 0 fully saturated rings. The first-order valence-corrected chi connectivity index (χ1v) is 9.85. The van der Waals surface area contributed by atoms with Crippen molar-refractivity contribution in [2.45, 2.75) is 6.92 Å². The first-order chi connectivity index (χ1) is 13.2. The zero-order chi connectivity index (χ0) is 18.6. The number of fused-ring (bicyclic) bond motifs is 1. The van der Waals surface area contributed by atoms with E-state index in [9.17, 15) is 0 Å². The highest BCUT2D eigenvalue weighted by Gasteiger charge is 2.16. The van der Waals surface area contributed by atoms with Gasteiger partial charge in [-0.3, -0.25) is 0 Å². The van der Waals surface area contributed by atoms with Crippen LogP contribution in [0.5, 0.6) is 11.5 Å². The number of hydrogen-bond acceptors (Lipinski definition) is 2. The zero-order valence-electron chi connectivity index (χ0n) is 15.4. The van der Waals surface area contributed by atoms with Crippen molar-refractivity contribution in [2.75, 3.05) is 0 Å². The standard InChI is InChI=1S/C12H10O.C11H11NO.Al/c13-12-8-4-7-11(9-12)10-5-2-1-3-6-10;1-8-6-7-9-4-3-5-10(13)11(9)12(8)2;/h1-9,13H;3-7H,1-2H3;/q;;+2/p-1. The summed E-state index contributed by atoms with van der Waals surface area (Å²) < 4.78 is 14.1. The van der Waals surface area contributed by atoms with Crippen LogP contribution in [0.2, 0.25) is 0 Å². The number of aromatic nitrogens is 1. The maximum absolute atomic E-state index is 6.04. The summed E-state index contributed by atoms with van der Waals surface area (Å²) in [7, 11) is 2.06. The molecule has 131 valence electrons. The Morgan fingerprint density at radius 3 is 2.37 bits per heavy atom. The van der Waals surface area contributed by atoms with Crippen molar-refractivity contribution in [3.63, 3.8) is 0 Å². The highest BCUT2D eigenvalue weighted by Crippen LogP contribution is 2.25. The molecule has 3 aromatic carbocycles. The van der Waals surface area contributed by atoms with Gasteiger partial charge in [-0.05, 0) is 41.5 Å². The van der Waals surface area contributed by atoms with Gasteiger partial charge in [0.05, 0.1) is 11.1 Å². The Morgan fingerprint density at radius 1 is 0.741 bits per heavy atom. The second-order valence-corrected chi connectivity index (χ2v) is 7.12. The van der Waals surface area contributed by atoms with Crippen LogP contribution in [0.4, 0.5) is 0 Å². The Morgan fingerprint density at radius 2 is 1.52 bits per heavy atom. The molecule has 0 atom stereocenters. The van der Waals surface area contributed by atoms with E-state index in [4.69, 9.17) is 7.58 Å². The molecule has 0 spiro atoms. The Kier molecular flexibility index (Phi) is 5.11. The monoisotopic (exact) mass is 369 g/mol. The molecule has 0 bridgehead atoms. The van der Waals surface area contributed by atoms with Crippen molar-refractivity contribution in [3.05, 3.63) is 90.6 Å². The lowest BCUT2D eigenvalue weighted by Gasteiger charge is -2.11. The molecule has 4 heteroatoms. The zero-order valence-corrected chi connectivity index (χ0v) is 16.6. The molecule has 1 aromatic heterocycles. The minimum absolute atomic E-state index is 0.663. The van der Waals surface area contributed by atoms with E-state index in [0.29, 0.717) is 0 Å². The first kappa shape index (κ1) is 17.6. The fourth-order valence-corrected chi connectivity index (χ4v) is 3.74. The van der Waals surface area contributed by atoms with Crippen molar-refractivity contribution < 1.29 is 12.1 Å². The number of pyridine rings is 1. The quantitative estimate of drug-likeness (QED) is 0.378. The van der Waals surface area contributed by atoms with Crippen LogP contribution < -0.4 is 12.1 Å². The molecule has 0 aliphatic carbocycles. The van der Waals surface area contributed by atoms with E-state index in [2.05, 4.69) is 61.0 Å². The Balaban J connectivity index is 1.51. The van der Waals surface area contributed by atoms with Gasteiger partial charge >= 0.3 is 15.9 Å². The number of benzene rings is 3. The molecule has 0 aliphatic heterocycles. The average molecular weight is 369 g/mol. The smallest absolute Gasteiger partial charge is 0.616 e. The summed E-state index contributed by atoms with van der Waals surface area (Å²) in [6.45, 7) is 2.09. The van der Waals surface area contributed by atoms with Crippen LogP contribution in [0.1, 0.15) is 5.69 Å². The minimum Gasteiger partial charge on any atom is -0.616 e. The van der Waals surface area contributed by atoms with Crippen molar-refractivity contribution in [1.29, 1.82) is 0 Å². The number of hydrogen-bond donors (Lipinski definition) is 0. The van der Waals surface area contributed by atoms with Gasteiger partial charge in [-0.25, -0.2) is 0 Å². The Labute approximate surface area is 166 Å². The van der Waals surface area contributed by atoms with E-state index < -0.39 is 15.9 Å². The van der Waals surface area contributed by atoms with Crippen LogP contribution in [-0.4, -0.2) is 15.9 Å². The molecule has 0 amide bonds. The summed E-state index contributed by atoms with van der Waals surface area (Å²) >= 11 is -0.663. The largest absolute Gasteiger partial charge is 0.882 e. The summed E-state index contributed by atoms with van der Waals surface area (Å²) in [5, 5.41) is 1.16. The summed E-state index contributed by atoms with van der Waals surface area (Å²) in [5.41, 5.74) is 4.59. The number of aryl methyl sites for hydroxylation is 2. The molecule has 4 aromatic rings. The molecule has 4 rings (SSSR count). The highest BCUT2D eigenvalue weighted by atomic mass is 27.2. The molecular weight excluding hydrogens is 349 g/mol. The van der Waals surface area contributed by atoms with Gasteiger partial charge in [-0.2, -0.15) is 4.57 Å². The third-order valence-electron chi connectivity index (χ3n) is 4.70. The van der Waals surface area contributed by atoms with Crippen LogP contribution in [0.15, 0.2) is 84.9 Å². The van der Waals surface area contributed by atoms with Gasteiger partial charge in [0.25, 0.3) is 5.52 Å². The Hall–Kier alpha value is -2.80. The van der Waals surface area contributed by atoms with E-state index in [1.54, 1.807) is 0 Å². The van der Waals surface area contributed by atoms with Crippen LogP contribution in [0, 0.1) is 6.92 Å². The molecule has 3 nitrogen and oxygen atoms in total. The highest BCUT2D eigenvalue weighted by molar-refractivity contribution is 6.21. The molecule has 0 aliphatic rings. The maximum atomic E-state index is 6.04. The van der Waals surface area contributed by atoms with Gasteiger partial charge in [0.1, 0.15) is 7.05 Å². The summed E-state index contributed by atoms with van der Waals surface area (Å²) in [4.78, 5) is 0. The second kappa shape index (κ2) is 7.84. The lowest BCUT2D eigenvalue weighted by Crippen LogP contribution is -2.33.